The quantitative estimate of drug-likeness (QED) is 0.705. The lowest BCUT2D eigenvalue weighted by Gasteiger charge is -2.17. The van der Waals surface area contributed by atoms with Gasteiger partial charge in [0, 0.05) is 18.2 Å². The van der Waals surface area contributed by atoms with Crippen molar-refractivity contribution in [2.45, 2.75) is 17.7 Å². The first-order valence-corrected chi connectivity index (χ1v) is 9.79. The van der Waals surface area contributed by atoms with Crippen LogP contribution in [0.3, 0.4) is 0 Å². The van der Waals surface area contributed by atoms with Gasteiger partial charge in [0.2, 0.25) is 5.91 Å². The second-order valence-electron chi connectivity index (χ2n) is 6.28. The van der Waals surface area contributed by atoms with Gasteiger partial charge in [-0.1, -0.05) is 36.4 Å². The molecule has 1 aliphatic rings. The van der Waals surface area contributed by atoms with Crippen molar-refractivity contribution in [2.24, 2.45) is 5.73 Å². The number of benzene rings is 2. The minimum absolute atomic E-state index is 0.0170. The van der Waals surface area contributed by atoms with Crippen molar-refractivity contribution in [2.75, 3.05) is 18.9 Å². The average Bonchev–Trinajstić information content (AvgIpc) is 2.87. The topological polar surface area (TPSA) is 102 Å². The van der Waals surface area contributed by atoms with Crippen molar-refractivity contribution in [3.8, 4) is 16.9 Å². The summed E-state index contributed by atoms with van der Waals surface area (Å²) in [5, 5.41) is 11.6. The Bertz CT molecular complexity index is 827. The van der Waals surface area contributed by atoms with Gasteiger partial charge in [0.15, 0.2) is 6.61 Å². The molecule has 0 bridgehead atoms. The number of nitrogens with one attached hydrogen (secondary N) is 1. The second-order valence-corrected chi connectivity index (χ2v) is 7.50. The summed E-state index contributed by atoms with van der Waals surface area (Å²) in [5.41, 5.74) is 8.28. The molecule has 1 heterocycles. The number of carboxylic acids is 1. The van der Waals surface area contributed by atoms with Gasteiger partial charge in [0.25, 0.3) is 0 Å². The molecule has 1 fully saturated rings. The van der Waals surface area contributed by atoms with E-state index in [1.54, 1.807) is 23.9 Å². The largest absolute Gasteiger partial charge is 0.481 e. The number of hydrogen-bond acceptors (Lipinski definition) is 5. The minimum Gasteiger partial charge on any atom is -0.481 e. The van der Waals surface area contributed by atoms with Crippen LogP contribution in [0.1, 0.15) is 17.2 Å². The van der Waals surface area contributed by atoms with Crippen molar-refractivity contribution >= 4 is 23.6 Å². The fourth-order valence-corrected chi connectivity index (χ4v) is 4.23. The van der Waals surface area contributed by atoms with Crippen LogP contribution in [0.25, 0.3) is 11.1 Å². The molecule has 0 unspecified atom stereocenters. The Morgan fingerprint density at radius 3 is 2.85 bits per heavy atom. The molecule has 7 heteroatoms. The lowest BCUT2D eigenvalue weighted by atomic mass is 10.0. The number of amides is 1. The third-order valence-electron chi connectivity index (χ3n) is 4.36. The number of carbonyl (C=O) groups is 2. The van der Waals surface area contributed by atoms with Crippen molar-refractivity contribution in [1.29, 1.82) is 0 Å². The monoisotopic (exact) mass is 386 g/mol. The molecule has 2 aromatic rings. The number of ether oxygens (including phenoxy) is 1. The van der Waals surface area contributed by atoms with Crippen LogP contribution in [0.5, 0.6) is 5.75 Å². The molecule has 0 aromatic heterocycles. The van der Waals surface area contributed by atoms with Crippen molar-refractivity contribution in [1.82, 2.24) is 5.32 Å². The molecule has 0 radical (unpaired) electrons. The van der Waals surface area contributed by atoms with Gasteiger partial charge < -0.3 is 20.9 Å². The number of thioether (sulfide) groups is 1. The second kappa shape index (κ2) is 8.92. The number of nitrogens with two attached hydrogens (primary N) is 1. The number of hydrogen-bond donors (Lipinski definition) is 3. The predicted octanol–water partition coefficient (Wildman–Crippen LogP) is 2.44. The highest BCUT2D eigenvalue weighted by Gasteiger charge is 2.27. The van der Waals surface area contributed by atoms with Crippen LogP contribution in [0.2, 0.25) is 0 Å². The maximum Gasteiger partial charge on any atom is 0.341 e. The summed E-state index contributed by atoms with van der Waals surface area (Å²) in [5.74, 6) is 0.298. The maximum absolute atomic E-state index is 12.6. The SMILES string of the molecule is NC[C@@H]1CCS[C@H](c2cccc(-c3ccccc3OCC(=O)O)c2)C(=O)N1. The van der Waals surface area contributed by atoms with E-state index < -0.39 is 12.6 Å². The summed E-state index contributed by atoms with van der Waals surface area (Å²) in [6.07, 6.45) is 0.856. The van der Waals surface area contributed by atoms with E-state index in [4.69, 9.17) is 15.6 Å². The summed E-state index contributed by atoms with van der Waals surface area (Å²) in [6.45, 7) is 0.0332. The van der Waals surface area contributed by atoms with Gasteiger partial charge >= 0.3 is 5.97 Å². The zero-order chi connectivity index (χ0) is 19.2. The zero-order valence-corrected chi connectivity index (χ0v) is 15.6. The Hall–Kier alpha value is -2.51. The first kappa shape index (κ1) is 19.3. The number of para-hydroxylation sites is 1. The fourth-order valence-electron chi connectivity index (χ4n) is 3.02. The lowest BCUT2D eigenvalue weighted by molar-refractivity contribution is -0.139. The molecule has 0 aliphatic carbocycles. The summed E-state index contributed by atoms with van der Waals surface area (Å²) in [7, 11) is 0. The van der Waals surface area contributed by atoms with Gasteiger partial charge in [-0.3, -0.25) is 4.79 Å². The van der Waals surface area contributed by atoms with E-state index in [1.807, 2.05) is 36.4 Å². The van der Waals surface area contributed by atoms with Crippen LogP contribution in [0, 0.1) is 0 Å². The van der Waals surface area contributed by atoms with Crippen LogP contribution in [0.15, 0.2) is 48.5 Å². The highest BCUT2D eigenvalue weighted by Crippen LogP contribution is 2.36. The molecule has 1 aliphatic heterocycles. The highest BCUT2D eigenvalue weighted by atomic mass is 32.2. The van der Waals surface area contributed by atoms with Gasteiger partial charge in [0.1, 0.15) is 11.0 Å². The molecule has 2 atom stereocenters. The lowest BCUT2D eigenvalue weighted by Crippen LogP contribution is -2.40. The Morgan fingerprint density at radius 2 is 2.07 bits per heavy atom. The van der Waals surface area contributed by atoms with Crippen LogP contribution in [-0.4, -0.2) is 41.9 Å². The van der Waals surface area contributed by atoms with Gasteiger partial charge in [-0.05, 0) is 35.4 Å². The van der Waals surface area contributed by atoms with E-state index in [-0.39, 0.29) is 17.2 Å². The third-order valence-corrected chi connectivity index (χ3v) is 5.65. The van der Waals surface area contributed by atoms with Crippen LogP contribution in [0.4, 0.5) is 0 Å². The molecule has 0 saturated carbocycles. The van der Waals surface area contributed by atoms with Crippen molar-refractivity contribution < 1.29 is 19.4 Å². The molecule has 1 amide bonds. The van der Waals surface area contributed by atoms with E-state index in [1.165, 1.54) is 0 Å². The smallest absolute Gasteiger partial charge is 0.341 e. The van der Waals surface area contributed by atoms with Gasteiger partial charge in [0.05, 0.1) is 0 Å². The zero-order valence-electron chi connectivity index (χ0n) is 14.8. The van der Waals surface area contributed by atoms with Crippen molar-refractivity contribution in [3.05, 3.63) is 54.1 Å². The summed E-state index contributed by atoms with van der Waals surface area (Å²) in [4.78, 5) is 23.4. The number of rotatable bonds is 6. The maximum atomic E-state index is 12.6. The molecular weight excluding hydrogens is 364 g/mol. The van der Waals surface area contributed by atoms with Crippen molar-refractivity contribution in [3.63, 3.8) is 0 Å². The molecule has 3 rings (SSSR count). The van der Waals surface area contributed by atoms with Gasteiger partial charge in [-0.15, -0.1) is 11.8 Å². The molecule has 27 heavy (non-hydrogen) atoms. The molecule has 1 saturated heterocycles. The number of carbonyl (C=O) groups excluding carboxylic acids is 1. The highest BCUT2D eigenvalue weighted by molar-refractivity contribution is 8.00. The standard InChI is InChI=1S/C20H22N2O4S/c21-11-15-8-9-27-19(20(25)22-15)14-5-3-4-13(10-14)16-6-1-2-7-17(16)26-12-18(23)24/h1-7,10,15,19H,8-9,11-12,21H2,(H,22,25)(H,23,24)/t15-,19+/m0/s1. The van der Waals surface area contributed by atoms with E-state index in [9.17, 15) is 9.59 Å². The average molecular weight is 386 g/mol. The first-order chi connectivity index (χ1) is 13.1. The Balaban J connectivity index is 1.88. The fraction of sp³-hybridized carbons (Fsp3) is 0.300. The summed E-state index contributed by atoms with van der Waals surface area (Å²) in [6, 6.07) is 15.0. The summed E-state index contributed by atoms with van der Waals surface area (Å²) >= 11 is 1.61. The molecule has 4 N–H and O–H groups in total. The van der Waals surface area contributed by atoms with Crippen LogP contribution < -0.4 is 15.8 Å². The molecular formula is C20H22N2O4S. The molecule has 2 aromatic carbocycles. The molecule has 142 valence electrons. The Morgan fingerprint density at radius 1 is 1.26 bits per heavy atom. The minimum atomic E-state index is -1.03. The Labute approximate surface area is 162 Å². The van der Waals surface area contributed by atoms with E-state index >= 15 is 0 Å². The number of carboxylic acid groups (broad SMARTS) is 1. The van der Waals surface area contributed by atoms with Crippen LogP contribution in [-0.2, 0) is 9.59 Å². The normalized spacial score (nSPS) is 19.8. The third kappa shape index (κ3) is 4.81. The van der Waals surface area contributed by atoms with Crippen LogP contribution >= 0.6 is 11.8 Å². The van der Waals surface area contributed by atoms with E-state index in [0.29, 0.717) is 12.3 Å². The summed E-state index contributed by atoms with van der Waals surface area (Å²) < 4.78 is 5.41. The van der Waals surface area contributed by atoms with Gasteiger partial charge in [-0.2, -0.15) is 0 Å². The molecule has 0 spiro atoms. The molecule has 6 nitrogen and oxygen atoms in total. The Kier molecular flexibility index (Phi) is 6.36. The predicted molar refractivity (Wildman–Crippen MR) is 106 cm³/mol. The van der Waals surface area contributed by atoms with Gasteiger partial charge in [-0.25, -0.2) is 4.79 Å². The van der Waals surface area contributed by atoms with E-state index in [0.717, 1.165) is 28.9 Å². The first-order valence-electron chi connectivity index (χ1n) is 8.74. The van der Waals surface area contributed by atoms with E-state index in [2.05, 4.69) is 5.32 Å². The number of aliphatic carboxylic acids is 1.